The van der Waals surface area contributed by atoms with Crippen LogP contribution < -0.4 is 19.5 Å². The first-order valence-electron chi connectivity index (χ1n) is 6.97. The van der Waals surface area contributed by atoms with Crippen molar-refractivity contribution >= 4 is 22.4 Å². The fourth-order valence-electron chi connectivity index (χ4n) is 2.47. The highest BCUT2D eigenvalue weighted by Crippen LogP contribution is 2.39. The number of benzene rings is 1. The molecule has 1 N–H and O–H groups in total. The average molecular weight is 367 g/mol. The number of nitrogens with zero attached hydrogens (tertiary/aromatic N) is 1. The van der Waals surface area contributed by atoms with Gasteiger partial charge in [-0.2, -0.15) is 4.31 Å². The Balaban J connectivity index is 0.00000264. The highest BCUT2D eigenvalue weighted by molar-refractivity contribution is 7.89. The first-order chi connectivity index (χ1) is 10.4. The molecule has 1 fully saturated rings. The van der Waals surface area contributed by atoms with Crippen molar-refractivity contribution in [2.24, 2.45) is 0 Å². The number of ether oxygens (including phenoxy) is 3. The molecule has 2 rings (SSSR count). The van der Waals surface area contributed by atoms with Crippen molar-refractivity contribution in [1.82, 2.24) is 9.62 Å². The Bertz CT molecular complexity index is 613. The maximum absolute atomic E-state index is 13.0. The number of sulfonamides is 1. The summed E-state index contributed by atoms with van der Waals surface area (Å²) in [6, 6.07) is 3.18. The second-order valence-electron chi connectivity index (χ2n) is 5.08. The summed E-state index contributed by atoms with van der Waals surface area (Å²) in [4.78, 5) is 0.0346. The van der Waals surface area contributed by atoms with Crippen molar-refractivity contribution < 1.29 is 22.6 Å². The van der Waals surface area contributed by atoms with Crippen LogP contribution >= 0.6 is 12.4 Å². The van der Waals surface area contributed by atoms with Gasteiger partial charge in [0.1, 0.15) is 17.2 Å². The topological polar surface area (TPSA) is 77.1 Å². The van der Waals surface area contributed by atoms with Gasteiger partial charge >= 0.3 is 0 Å². The zero-order valence-corrected chi connectivity index (χ0v) is 15.3. The molecule has 0 radical (unpaired) electrons. The van der Waals surface area contributed by atoms with Gasteiger partial charge in [-0.25, -0.2) is 8.42 Å². The van der Waals surface area contributed by atoms with Gasteiger partial charge in [-0.15, -0.1) is 12.4 Å². The largest absolute Gasteiger partial charge is 0.496 e. The van der Waals surface area contributed by atoms with Crippen molar-refractivity contribution in [3.05, 3.63) is 12.1 Å². The van der Waals surface area contributed by atoms with Gasteiger partial charge in [-0.3, -0.25) is 0 Å². The molecule has 132 valence electrons. The number of hydrogen-bond acceptors (Lipinski definition) is 6. The Kier molecular flexibility index (Phi) is 6.94. The molecule has 0 aromatic heterocycles. The second-order valence-corrected chi connectivity index (χ2v) is 6.95. The first-order valence-corrected chi connectivity index (χ1v) is 8.41. The molecule has 1 heterocycles. The van der Waals surface area contributed by atoms with Crippen LogP contribution in [0.25, 0.3) is 0 Å². The normalized spacial score (nSPS) is 18.9. The number of piperazine rings is 1. The van der Waals surface area contributed by atoms with Crippen LogP contribution in [-0.4, -0.2) is 59.7 Å². The molecule has 0 aliphatic carbocycles. The molecular formula is C14H23ClN2O5S. The molecule has 7 nitrogen and oxygen atoms in total. The summed E-state index contributed by atoms with van der Waals surface area (Å²) in [5.74, 6) is 0.895. The third kappa shape index (κ3) is 4.00. The Labute approximate surface area is 143 Å². The number of rotatable bonds is 5. The number of halogens is 1. The van der Waals surface area contributed by atoms with Crippen molar-refractivity contribution in [3.63, 3.8) is 0 Å². The van der Waals surface area contributed by atoms with E-state index in [2.05, 4.69) is 5.32 Å². The number of hydrogen-bond donors (Lipinski definition) is 1. The maximum atomic E-state index is 13.0. The minimum Gasteiger partial charge on any atom is -0.496 e. The molecule has 1 atom stereocenters. The third-order valence-electron chi connectivity index (χ3n) is 3.60. The lowest BCUT2D eigenvalue weighted by molar-refractivity contribution is 0.305. The Morgan fingerprint density at radius 2 is 1.70 bits per heavy atom. The predicted molar refractivity (Wildman–Crippen MR) is 89.6 cm³/mol. The molecule has 0 saturated carbocycles. The minimum atomic E-state index is -3.72. The van der Waals surface area contributed by atoms with Gasteiger partial charge in [0.25, 0.3) is 10.0 Å². The van der Waals surface area contributed by atoms with E-state index in [9.17, 15) is 8.42 Å². The molecule has 1 aliphatic heterocycles. The summed E-state index contributed by atoms with van der Waals surface area (Å²) in [5, 5.41) is 3.22. The van der Waals surface area contributed by atoms with Crippen LogP contribution in [0.4, 0.5) is 0 Å². The molecule has 0 amide bonds. The summed E-state index contributed by atoms with van der Waals surface area (Å²) >= 11 is 0. The predicted octanol–water partition coefficient (Wildman–Crippen LogP) is 1.12. The summed E-state index contributed by atoms with van der Waals surface area (Å²) in [6.07, 6.45) is 0. The van der Waals surface area contributed by atoms with Crippen molar-refractivity contribution in [2.45, 2.75) is 17.9 Å². The molecule has 9 heteroatoms. The lowest BCUT2D eigenvalue weighted by Gasteiger charge is -2.31. The highest BCUT2D eigenvalue weighted by atomic mass is 35.5. The summed E-state index contributed by atoms with van der Waals surface area (Å²) < 4.78 is 43.1. The van der Waals surface area contributed by atoms with Crippen LogP contribution in [0.15, 0.2) is 17.0 Å². The first kappa shape index (κ1) is 19.8. The van der Waals surface area contributed by atoms with E-state index in [1.807, 2.05) is 6.92 Å². The van der Waals surface area contributed by atoms with Crippen molar-refractivity contribution in [1.29, 1.82) is 0 Å². The molecular weight excluding hydrogens is 344 g/mol. The van der Waals surface area contributed by atoms with Gasteiger partial charge in [0.2, 0.25) is 0 Å². The van der Waals surface area contributed by atoms with E-state index in [1.165, 1.54) is 25.6 Å². The fourth-order valence-corrected chi connectivity index (χ4v) is 4.27. The van der Waals surface area contributed by atoms with E-state index in [1.54, 1.807) is 12.1 Å². The zero-order chi connectivity index (χ0) is 16.3. The van der Waals surface area contributed by atoms with Crippen LogP contribution in [0.1, 0.15) is 6.92 Å². The lowest BCUT2D eigenvalue weighted by atomic mass is 10.3. The van der Waals surface area contributed by atoms with Crippen LogP contribution in [-0.2, 0) is 10.0 Å². The molecule has 1 aromatic carbocycles. The molecule has 0 bridgehead atoms. The van der Waals surface area contributed by atoms with Crippen LogP contribution in [0, 0.1) is 0 Å². The standard InChI is InChI=1S/C14H22N2O5S.ClH/c1-10-9-16(6-5-15-10)22(17,18)14-12(20-3)7-11(19-2)8-13(14)21-4;/h7-8,10,15H,5-6,9H2,1-4H3;1H. The van der Waals surface area contributed by atoms with Gasteiger partial charge in [-0.1, -0.05) is 0 Å². The Hall–Kier alpha value is -1.22. The molecule has 1 aromatic rings. The van der Waals surface area contributed by atoms with E-state index in [0.29, 0.717) is 25.4 Å². The van der Waals surface area contributed by atoms with E-state index in [4.69, 9.17) is 14.2 Å². The van der Waals surface area contributed by atoms with Gasteiger partial charge in [0.05, 0.1) is 21.3 Å². The van der Waals surface area contributed by atoms with Crippen LogP contribution in [0.5, 0.6) is 17.2 Å². The van der Waals surface area contributed by atoms with Crippen LogP contribution in [0.3, 0.4) is 0 Å². The monoisotopic (exact) mass is 366 g/mol. The number of nitrogens with one attached hydrogen (secondary N) is 1. The van der Waals surface area contributed by atoms with Crippen molar-refractivity contribution in [3.8, 4) is 17.2 Å². The Morgan fingerprint density at radius 3 is 2.13 bits per heavy atom. The quantitative estimate of drug-likeness (QED) is 0.841. The lowest BCUT2D eigenvalue weighted by Crippen LogP contribution is -2.51. The van der Waals surface area contributed by atoms with E-state index in [0.717, 1.165) is 0 Å². The smallest absolute Gasteiger partial charge is 0.250 e. The summed E-state index contributed by atoms with van der Waals surface area (Å²) in [7, 11) is 0.631. The second kappa shape index (κ2) is 8.05. The fraction of sp³-hybridized carbons (Fsp3) is 0.571. The molecule has 1 unspecified atom stereocenters. The van der Waals surface area contributed by atoms with Gasteiger partial charge in [0, 0.05) is 37.8 Å². The molecule has 1 aliphatic rings. The highest BCUT2D eigenvalue weighted by Gasteiger charge is 2.34. The minimum absolute atomic E-state index is 0. The van der Waals surface area contributed by atoms with E-state index in [-0.39, 0.29) is 34.8 Å². The van der Waals surface area contributed by atoms with Gasteiger partial charge in [0.15, 0.2) is 4.90 Å². The van der Waals surface area contributed by atoms with E-state index < -0.39 is 10.0 Å². The third-order valence-corrected chi connectivity index (χ3v) is 5.53. The summed E-state index contributed by atoms with van der Waals surface area (Å²) in [6.45, 7) is 3.37. The molecule has 23 heavy (non-hydrogen) atoms. The van der Waals surface area contributed by atoms with E-state index >= 15 is 0 Å². The Morgan fingerprint density at radius 1 is 1.13 bits per heavy atom. The van der Waals surface area contributed by atoms with Crippen molar-refractivity contribution in [2.75, 3.05) is 41.0 Å². The zero-order valence-electron chi connectivity index (χ0n) is 13.7. The molecule has 0 spiro atoms. The maximum Gasteiger partial charge on any atom is 0.250 e. The molecule has 1 saturated heterocycles. The van der Waals surface area contributed by atoms with Crippen LogP contribution in [0.2, 0.25) is 0 Å². The SMILES string of the molecule is COc1cc(OC)c(S(=O)(=O)N2CCNC(C)C2)c(OC)c1.Cl. The van der Waals surface area contributed by atoms with Gasteiger partial charge in [-0.05, 0) is 6.92 Å². The summed E-state index contributed by atoms with van der Waals surface area (Å²) in [5.41, 5.74) is 0. The van der Waals surface area contributed by atoms with Gasteiger partial charge < -0.3 is 19.5 Å². The average Bonchev–Trinajstić information content (AvgIpc) is 2.53. The number of methoxy groups -OCH3 is 3.